The number of methoxy groups -OCH3 is 1. The summed E-state index contributed by atoms with van der Waals surface area (Å²) in [5.41, 5.74) is 1.97. The van der Waals surface area contributed by atoms with Crippen LogP contribution in [0.15, 0.2) is 18.2 Å². The third-order valence-electron chi connectivity index (χ3n) is 3.28. The van der Waals surface area contributed by atoms with E-state index < -0.39 is 0 Å². The molecule has 0 heterocycles. The average molecular weight is 278 g/mol. The lowest BCUT2D eigenvalue weighted by Gasteiger charge is -2.19. The van der Waals surface area contributed by atoms with Gasteiger partial charge in [-0.15, -0.1) is 0 Å². The van der Waals surface area contributed by atoms with Crippen LogP contribution in [0, 0.1) is 6.92 Å². The third kappa shape index (κ3) is 4.76. The Hall–Kier alpha value is -1.71. The van der Waals surface area contributed by atoms with Crippen molar-refractivity contribution >= 4 is 11.6 Å². The molecule has 0 spiro atoms. The molecule has 2 unspecified atom stereocenters. The molecule has 0 fully saturated rings. The molecule has 4 nitrogen and oxygen atoms in total. The SMILES string of the molecule is CCCC(C)NC(=O)C(C)Nc1ccc(OC)c(C)c1. The van der Waals surface area contributed by atoms with Crippen molar-refractivity contribution < 1.29 is 9.53 Å². The Morgan fingerprint density at radius 3 is 2.60 bits per heavy atom. The lowest BCUT2D eigenvalue weighted by atomic mass is 10.1. The number of rotatable bonds is 7. The van der Waals surface area contributed by atoms with E-state index in [-0.39, 0.29) is 18.0 Å². The quantitative estimate of drug-likeness (QED) is 0.805. The first-order chi connectivity index (χ1) is 9.47. The standard InChI is InChI=1S/C16H26N2O2/c1-6-7-12(3)17-16(19)13(4)18-14-8-9-15(20-5)11(2)10-14/h8-10,12-13,18H,6-7H2,1-5H3,(H,17,19). The molecular formula is C16H26N2O2. The predicted octanol–water partition coefficient (Wildman–Crippen LogP) is 3.11. The number of carbonyl (C=O) groups is 1. The largest absolute Gasteiger partial charge is 0.496 e. The topological polar surface area (TPSA) is 50.4 Å². The molecule has 0 radical (unpaired) electrons. The molecule has 1 rings (SSSR count). The number of ether oxygens (including phenoxy) is 1. The predicted molar refractivity (Wildman–Crippen MR) is 83.3 cm³/mol. The molecule has 2 N–H and O–H groups in total. The highest BCUT2D eigenvalue weighted by molar-refractivity contribution is 5.84. The smallest absolute Gasteiger partial charge is 0.242 e. The van der Waals surface area contributed by atoms with Crippen LogP contribution in [0.25, 0.3) is 0 Å². The van der Waals surface area contributed by atoms with Crippen LogP contribution in [0.4, 0.5) is 5.69 Å². The van der Waals surface area contributed by atoms with Gasteiger partial charge >= 0.3 is 0 Å². The van der Waals surface area contributed by atoms with Crippen molar-refractivity contribution in [2.24, 2.45) is 0 Å². The zero-order valence-corrected chi connectivity index (χ0v) is 13.1. The van der Waals surface area contributed by atoms with Crippen LogP contribution in [0.2, 0.25) is 0 Å². The van der Waals surface area contributed by atoms with Gasteiger partial charge in [-0.25, -0.2) is 0 Å². The summed E-state index contributed by atoms with van der Waals surface area (Å²) in [5, 5.41) is 6.23. The molecule has 0 saturated heterocycles. The maximum Gasteiger partial charge on any atom is 0.242 e. The summed E-state index contributed by atoms with van der Waals surface area (Å²) in [5.74, 6) is 0.878. The van der Waals surface area contributed by atoms with E-state index in [0.29, 0.717) is 0 Å². The van der Waals surface area contributed by atoms with Crippen LogP contribution in [-0.2, 0) is 4.79 Å². The molecule has 0 saturated carbocycles. The van der Waals surface area contributed by atoms with Gasteiger partial charge in [0.2, 0.25) is 5.91 Å². The number of aryl methyl sites for hydroxylation is 1. The zero-order chi connectivity index (χ0) is 15.1. The Balaban J connectivity index is 2.59. The van der Waals surface area contributed by atoms with Crippen LogP contribution in [0.5, 0.6) is 5.75 Å². The van der Waals surface area contributed by atoms with Gasteiger partial charge in [-0.2, -0.15) is 0 Å². The highest BCUT2D eigenvalue weighted by Crippen LogP contribution is 2.21. The fourth-order valence-electron chi connectivity index (χ4n) is 2.16. The second-order valence-electron chi connectivity index (χ2n) is 5.25. The van der Waals surface area contributed by atoms with Crippen molar-refractivity contribution in [2.75, 3.05) is 12.4 Å². The Morgan fingerprint density at radius 2 is 2.05 bits per heavy atom. The van der Waals surface area contributed by atoms with Crippen molar-refractivity contribution in [3.63, 3.8) is 0 Å². The maximum absolute atomic E-state index is 12.0. The van der Waals surface area contributed by atoms with Gasteiger partial charge in [0, 0.05) is 11.7 Å². The summed E-state index contributed by atoms with van der Waals surface area (Å²) >= 11 is 0. The minimum absolute atomic E-state index is 0.0272. The van der Waals surface area contributed by atoms with E-state index in [1.807, 2.05) is 39.0 Å². The number of amides is 1. The van der Waals surface area contributed by atoms with Crippen molar-refractivity contribution in [2.45, 2.75) is 52.6 Å². The van der Waals surface area contributed by atoms with Gasteiger partial charge in [0.1, 0.15) is 11.8 Å². The summed E-state index contributed by atoms with van der Waals surface area (Å²) in [6.45, 7) is 8.00. The van der Waals surface area contributed by atoms with E-state index >= 15 is 0 Å². The second-order valence-corrected chi connectivity index (χ2v) is 5.25. The lowest BCUT2D eigenvalue weighted by Crippen LogP contribution is -2.42. The molecule has 0 aliphatic carbocycles. The molecule has 1 amide bonds. The monoisotopic (exact) mass is 278 g/mol. The Morgan fingerprint density at radius 1 is 1.35 bits per heavy atom. The maximum atomic E-state index is 12.0. The number of nitrogens with one attached hydrogen (secondary N) is 2. The molecule has 1 aromatic carbocycles. The summed E-state index contributed by atoms with van der Waals surface area (Å²) in [6.07, 6.45) is 2.07. The van der Waals surface area contributed by atoms with Gasteiger partial charge in [-0.3, -0.25) is 4.79 Å². The van der Waals surface area contributed by atoms with E-state index in [1.54, 1.807) is 7.11 Å². The van der Waals surface area contributed by atoms with Crippen LogP contribution >= 0.6 is 0 Å². The number of anilines is 1. The minimum atomic E-state index is -0.262. The average Bonchev–Trinajstić information content (AvgIpc) is 2.39. The van der Waals surface area contributed by atoms with Gasteiger partial charge < -0.3 is 15.4 Å². The first-order valence-electron chi connectivity index (χ1n) is 7.19. The first kappa shape index (κ1) is 16.3. The highest BCUT2D eigenvalue weighted by Gasteiger charge is 2.14. The fraction of sp³-hybridized carbons (Fsp3) is 0.562. The summed E-state index contributed by atoms with van der Waals surface area (Å²) in [7, 11) is 1.65. The van der Waals surface area contributed by atoms with Gasteiger partial charge in [0.05, 0.1) is 7.11 Å². The van der Waals surface area contributed by atoms with E-state index in [4.69, 9.17) is 4.74 Å². The molecule has 112 valence electrons. The molecule has 4 heteroatoms. The molecule has 0 bridgehead atoms. The number of hydrogen-bond donors (Lipinski definition) is 2. The van der Waals surface area contributed by atoms with Gasteiger partial charge in [-0.05, 0) is 51.0 Å². The summed E-state index contributed by atoms with van der Waals surface area (Å²) in [4.78, 5) is 12.0. The molecule has 0 aromatic heterocycles. The highest BCUT2D eigenvalue weighted by atomic mass is 16.5. The van der Waals surface area contributed by atoms with Crippen LogP contribution in [0.3, 0.4) is 0 Å². The first-order valence-corrected chi connectivity index (χ1v) is 7.19. The molecule has 0 aliphatic rings. The molecular weight excluding hydrogens is 252 g/mol. The Kier molecular flexibility index (Phi) is 6.36. The van der Waals surface area contributed by atoms with Crippen molar-refractivity contribution in [1.29, 1.82) is 0 Å². The van der Waals surface area contributed by atoms with E-state index in [9.17, 15) is 4.79 Å². The van der Waals surface area contributed by atoms with Gasteiger partial charge in [0.15, 0.2) is 0 Å². The van der Waals surface area contributed by atoms with Gasteiger partial charge in [0.25, 0.3) is 0 Å². The summed E-state index contributed by atoms with van der Waals surface area (Å²) < 4.78 is 5.22. The number of benzene rings is 1. The minimum Gasteiger partial charge on any atom is -0.496 e. The number of hydrogen-bond acceptors (Lipinski definition) is 3. The van der Waals surface area contributed by atoms with Crippen LogP contribution < -0.4 is 15.4 Å². The third-order valence-corrected chi connectivity index (χ3v) is 3.28. The lowest BCUT2D eigenvalue weighted by molar-refractivity contribution is -0.122. The molecule has 2 atom stereocenters. The zero-order valence-electron chi connectivity index (χ0n) is 13.1. The normalized spacial score (nSPS) is 13.4. The van der Waals surface area contributed by atoms with E-state index in [0.717, 1.165) is 29.8 Å². The summed E-state index contributed by atoms with van der Waals surface area (Å²) in [6, 6.07) is 5.77. The Labute approximate surface area is 121 Å². The fourth-order valence-corrected chi connectivity index (χ4v) is 2.16. The molecule has 0 aliphatic heterocycles. The van der Waals surface area contributed by atoms with Crippen LogP contribution in [-0.4, -0.2) is 25.1 Å². The number of carbonyl (C=O) groups excluding carboxylic acids is 1. The second kappa shape index (κ2) is 7.78. The van der Waals surface area contributed by atoms with Gasteiger partial charge in [-0.1, -0.05) is 13.3 Å². The van der Waals surface area contributed by atoms with Crippen LogP contribution in [0.1, 0.15) is 39.2 Å². The molecule has 1 aromatic rings. The van der Waals surface area contributed by atoms with Crippen molar-refractivity contribution in [3.8, 4) is 5.75 Å². The molecule has 20 heavy (non-hydrogen) atoms. The van der Waals surface area contributed by atoms with E-state index in [1.165, 1.54) is 0 Å². The van der Waals surface area contributed by atoms with Crippen molar-refractivity contribution in [3.05, 3.63) is 23.8 Å². The Bertz CT molecular complexity index is 446. The van der Waals surface area contributed by atoms with Crippen molar-refractivity contribution in [1.82, 2.24) is 5.32 Å². The van der Waals surface area contributed by atoms with E-state index in [2.05, 4.69) is 17.6 Å².